The summed E-state index contributed by atoms with van der Waals surface area (Å²) in [5.41, 5.74) is 5.37. The van der Waals surface area contributed by atoms with Gasteiger partial charge in [0, 0.05) is 19.4 Å². The van der Waals surface area contributed by atoms with Gasteiger partial charge >= 0.3 is 12.1 Å². The van der Waals surface area contributed by atoms with Crippen molar-refractivity contribution in [1.82, 2.24) is 4.90 Å². The van der Waals surface area contributed by atoms with E-state index in [0.29, 0.717) is 0 Å². The van der Waals surface area contributed by atoms with Crippen LogP contribution in [0, 0.1) is 0 Å². The van der Waals surface area contributed by atoms with E-state index in [9.17, 15) is 14.7 Å². The maximum Gasteiger partial charge on any atom is 0.410 e. The van der Waals surface area contributed by atoms with E-state index in [1.165, 1.54) is 11.9 Å². The molecule has 4 aromatic carbocycles. The molecule has 5 rings (SSSR count). The monoisotopic (exact) mass is 451 g/mol. The lowest BCUT2D eigenvalue weighted by molar-refractivity contribution is -0.142. The highest BCUT2D eigenvalue weighted by Gasteiger charge is 2.32. The molecule has 0 fully saturated rings. The van der Waals surface area contributed by atoms with Crippen molar-refractivity contribution in [2.24, 2.45) is 0 Å². The van der Waals surface area contributed by atoms with Gasteiger partial charge in [-0.15, -0.1) is 0 Å². The fourth-order valence-corrected chi connectivity index (χ4v) is 4.80. The Morgan fingerprint density at radius 2 is 1.44 bits per heavy atom. The average Bonchev–Trinajstić information content (AvgIpc) is 3.19. The van der Waals surface area contributed by atoms with Gasteiger partial charge in [-0.2, -0.15) is 0 Å². The number of ether oxygens (including phenoxy) is 1. The van der Waals surface area contributed by atoms with Crippen LogP contribution in [0.25, 0.3) is 21.9 Å². The van der Waals surface area contributed by atoms with Crippen molar-refractivity contribution in [1.29, 1.82) is 0 Å². The number of fused-ring (bicyclic) bond motifs is 4. The third-order valence-electron chi connectivity index (χ3n) is 6.62. The second-order valence-corrected chi connectivity index (χ2v) is 8.65. The first kappa shape index (κ1) is 21.7. The van der Waals surface area contributed by atoms with E-state index in [-0.39, 0.29) is 18.9 Å². The number of aliphatic carboxylic acids is 1. The Morgan fingerprint density at radius 3 is 2.09 bits per heavy atom. The molecule has 0 radical (unpaired) electrons. The largest absolute Gasteiger partial charge is 0.480 e. The van der Waals surface area contributed by atoms with Crippen molar-refractivity contribution in [2.45, 2.75) is 18.4 Å². The summed E-state index contributed by atoms with van der Waals surface area (Å²) in [6.07, 6.45) is -0.448. The lowest BCUT2D eigenvalue weighted by Crippen LogP contribution is -2.44. The number of carboxylic acid groups (broad SMARTS) is 1. The molecule has 5 nitrogen and oxygen atoms in total. The summed E-state index contributed by atoms with van der Waals surface area (Å²) in [5.74, 6) is -1.14. The number of carboxylic acids is 1. The number of amides is 1. The number of hydrogen-bond donors (Lipinski definition) is 1. The first-order chi connectivity index (χ1) is 16.5. The topological polar surface area (TPSA) is 66.8 Å². The van der Waals surface area contributed by atoms with Gasteiger partial charge in [-0.05, 0) is 38.6 Å². The Labute approximate surface area is 198 Å². The number of rotatable bonds is 6. The average molecular weight is 452 g/mol. The minimum Gasteiger partial charge on any atom is -0.480 e. The summed E-state index contributed by atoms with van der Waals surface area (Å²) in [5, 5.41) is 12.0. The SMILES string of the molecule is CN(C(=O)OCC1c2ccccc2-c2ccccc21)[C@H](Cc1ccc2ccccc2c1)C(=O)O. The quantitative estimate of drug-likeness (QED) is 0.407. The number of nitrogens with zero attached hydrogens (tertiary/aromatic N) is 1. The molecule has 1 atom stereocenters. The van der Waals surface area contributed by atoms with Crippen molar-refractivity contribution in [2.75, 3.05) is 13.7 Å². The summed E-state index contributed by atoms with van der Waals surface area (Å²) in [6, 6.07) is 29.0. The second kappa shape index (κ2) is 9.02. The summed E-state index contributed by atoms with van der Waals surface area (Å²) in [6.45, 7) is 0.152. The van der Waals surface area contributed by atoms with Crippen LogP contribution in [0.5, 0.6) is 0 Å². The zero-order valence-corrected chi connectivity index (χ0v) is 18.8. The van der Waals surface area contributed by atoms with Gasteiger partial charge in [0.05, 0.1) is 0 Å². The molecule has 0 unspecified atom stereocenters. The predicted octanol–water partition coefficient (Wildman–Crippen LogP) is 5.72. The smallest absolute Gasteiger partial charge is 0.410 e. The van der Waals surface area contributed by atoms with E-state index in [0.717, 1.165) is 38.6 Å². The Morgan fingerprint density at radius 1 is 0.853 bits per heavy atom. The minimum absolute atomic E-state index is 0.0754. The standard InChI is InChI=1S/C29H25NO4/c1-30(27(28(31)32)17-19-14-15-20-8-2-3-9-21(20)16-19)29(33)34-18-26-24-12-6-4-10-22(24)23-11-5-7-13-25(23)26/h2-16,26-27H,17-18H2,1H3,(H,31,32)/t27-/m1/s1. The summed E-state index contributed by atoms with van der Waals surface area (Å²) >= 11 is 0. The third-order valence-corrected chi connectivity index (χ3v) is 6.62. The number of hydrogen-bond acceptors (Lipinski definition) is 3. The van der Waals surface area contributed by atoms with Crippen LogP contribution in [-0.4, -0.2) is 41.8 Å². The van der Waals surface area contributed by atoms with Crippen LogP contribution in [0.1, 0.15) is 22.6 Å². The van der Waals surface area contributed by atoms with E-state index in [2.05, 4.69) is 24.3 Å². The van der Waals surface area contributed by atoms with Gasteiger partial charge in [-0.1, -0.05) is 91.0 Å². The maximum atomic E-state index is 12.9. The van der Waals surface area contributed by atoms with Gasteiger partial charge in [0.1, 0.15) is 12.6 Å². The zero-order chi connectivity index (χ0) is 23.7. The molecule has 0 aliphatic heterocycles. The fourth-order valence-electron chi connectivity index (χ4n) is 4.80. The normalized spacial score (nSPS) is 13.2. The van der Waals surface area contributed by atoms with Crippen molar-refractivity contribution in [3.05, 3.63) is 108 Å². The molecule has 0 heterocycles. The molecule has 34 heavy (non-hydrogen) atoms. The van der Waals surface area contributed by atoms with Crippen LogP contribution >= 0.6 is 0 Å². The first-order valence-electron chi connectivity index (χ1n) is 11.3. The van der Waals surface area contributed by atoms with Crippen LogP contribution < -0.4 is 0 Å². The molecule has 1 amide bonds. The minimum atomic E-state index is -1.07. The number of likely N-dealkylation sites (N-methyl/N-ethyl adjacent to an activating group) is 1. The molecule has 1 aliphatic carbocycles. The first-order valence-corrected chi connectivity index (χ1v) is 11.3. The maximum absolute atomic E-state index is 12.9. The molecule has 0 bridgehead atoms. The van der Waals surface area contributed by atoms with Crippen molar-refractivity contribution >= 4 is 22.8 Å². The van der Waals surface area contributed by atoms with Crippen molar-refractivity contribution < 1.29 is 19.4 Å². The Bertz CT molecular complexity index is 1330. The highest BCUT2D eigenvalue weighted by Crippen LogP contribution is 2.44. The van der Waals surface area contributed by atoms with E-state index < -0.39 is 18.1 Å². The lowest BCUT2D eigenvalue weighted by atomic mass is 9.98. The number of benzene rings is 4. The van der Waals surface area contributed by atoms with Crippen LogP contribution in [0.15, 0.2) is 91.0 Å². The molecular weight excluding hydrogens is 426 g/mol. The van der Waals surface area contributed by atoms with E-state index in [4.69, 9.17) is 4.74 Å². The van der Waals surface area contributed by atoms with Crippen LogP contribution in [0.3, 0.4) is 0 Å². The van der Waals surface area contributed by atoms with Crippen molar-refractivity contribution in [3.63, 3.8) is 0 Å². The van der Waals surface area contributed by atoms with Gasteiger partial charge in [-0.25, -0.2) is 9.59 Å². The van der Waals surface area contributed by atoms with E-state index in [1.807, 2.05) is 66.7 Å². The molecule has 5 heteroatoms. The molecular formula is C29H25NO4. The summed E-state index contributed by atoms with van der Waals surface area (Å²) < 4.78 is 5.66. The summed E-state index contributed by atoms with van der Waals surface area (Å²) in [7, 11) is 1.48. The Hall–Kier alpha value is -4.12. The molecule has 1 N–H and O–H groups in total. The van der Waals surface area contributed by atoms with E-state index >= 15 is 0 Å². The summed E-state index contributed by atoms with van der Waals surface area (Å²) in [4.78, 5) is 26.1. The van der Waals surface area contributed by atoms with Crippen LogP contribution in [-0.2, 0) is 16.0 Å². The fraction of sp³-hybridized carbons (Fsp3) is 0.172. The molecule has 170 valence electrons. The van der Waals surface area contributed by atoms with Gasteiger partial charge in [0.15, 0.2) is 0 Å². The highest BCUT2D eigenvalue weighted by atomic mass is 16.6. The molecule has 0 spiro atoms. The van der Waals surface area contributed by atoms with Gasteiger partial charge < -0.3 is 9.84 Å². The van der Waals surface area contributed by atoms with Crippen LogP contribution in [0.2, 0.25) is 0 Å². The second-order valence-electron chi connectivity index (χ2n) is 8.65. The Balaban J connectivity index is 1.31. The van der Waals surface area contributed by atoms with Crippen LogP contribution in [0.4, 0.5) is 4.79 Å². The Kier molecular flexibility index (Phi) is 5.76. The predicted molar refractivity (Wildman–Crippen MR) is 132 cm³/mol. The van der Waals surface area contributed by atoms with Crippen molar-refractivity contribution in [3.8, 4) is 11.1 Å². The van der Waals surface area contributed by atoms with Gasteiger partial charge in [0.2, 0.25) is 0 Å². The number of carbonyl (C=O) groups is 2. The third kappa shape index (κ3) is 4.01. The van der Waals surface area contributed by atoms with Gasteiger partial charge in [0.25, 0.3) is 0 Å². The van der Waals surface area contributed by atoms with Gasteiger partial charge in [-0.3, -0.25) is 4.90 Å². The number of carbonyl (C=O) groups excluding carboxylic acids is 1. The van der Waals surface area contributed by atoms with E-state index in [1.54, 1.807) is 0 Å². The zero-order valence-electron chi connectivity index (χ0n) is 18.8. The molecule has 4 aromatic rings. The molecule has 0 saturated heterocycles. The lowest BCUT2D eigenvalue weighted by Gasteiger charge is -2.25. The molecule has 1 aliphatic rings. The molecule has 0 saturated carbocycles. The highest BCUT2D eigenvalue weighted by molar-refractivity contribution is 5.84. The molecule has 0 aromatic heterocycles.